The van der Waals surface area contributed by atoms with Crippen LogP contribution in [0, 0.1) is 0 Å². The standard InChI is InChI=1S/C24H23ClN2O3/c1-2-3-15-30-20-12-9-18(10-13-20)23(28)26-19-11-14-21(25)22(16-19)27-24(29)17-7-5-4-6-8-17/h4-14,16H,2-3,15H2,1H3,(H,26,28)(H,27,29). The number of anilines is 2. The molecule has 0 fully saturated rings. The van der Waals surface area contributed by atoms with E-state index in [0.717, 1.165) is 18.6 Å². The number of benzene rings is 3. The molecule has 30 heavy (non-hydrogen) atoms. The number of nitrogens with one attached hydrogen (secondary N) is 2. The number of unbranched alkanes of at least 4 members (excludes halogenated alkanes) is 1. The van der Waals surface area contributed by atoms with Crippen molar-refractivity contribution in [3.63, 3.8) is 0 Å². The second kappa shape index (κ2) is 10.5. The molecule has 154 valence electrons. The Morgan fingerprint density at radius 1 is 0.867 bits per heavy atom. The summed E-state index contributed by atoms with van der Waals surface area (Å²) in [5.41, 5.74) is 1.96. The quantitative estimate of drug-likeness (QED) is 0.436. The number of hydrogen-bond donors (Lipinski definition) is 2. The van der Waals surface area contributed by atoms with E-state index in [1.165, 1.54) is 0 Å². The van der Waals surface area contributed by atoms with Gasteiger partial charge in [-0.25, -0.2) is 0 Å². The van der Waals surface area contributed by atoms with Crippen molar-refractivity contribution in [1.29, 1.82) is 0 Å². The minimum Gasteiger partial charge on any atom is -0.494 e. The number of rotatable bonds is 8. The Hall–Kier alpha value is -3.31. The lowest BCUT2D eigenvalue weighted by molar-refractivity contribution is 0.101. The van der Waals surface area contributed by atoms with Gasteiger partial charge in [0.2, 0.25) is 0 Å². The van der Waals surface area contributed by atoms with E-state index < -0.39 is 0 Å². The fourth-order valence-electron chi connectivity index (χ4n) is 2.72. The van der Waals surface area contributed by atoms with Crippen LogP contribution in [0.5, 0.6) is 5.75 Å². The predicted octanol–water partition coefficient (Wildman–Crippen LogP) is 6.02. The molecule has 0 aliphatic carbocycles. The van der Waals surface area contributed by atoms with Crippen LogP contribution in [-0.2, 0) is 0 Å². The highest BCUT2D eigenvalue weighted by molar-refractivity contribution is 6.34. The Morgan fingerprint density at radius 3 is 2.23 bits per heavy atom. The molecule has 0 aliphatic heterocycles. The van der Waals surface area contributed by atoms with E-state index in [2.05, 4.69) is 17.6 Å². The minimum atomic E-state index is -0.278. The number of ether oxygens (including phenoxy) is 1. The molecule has 0 saturated heterocycles. The highest BCUT2D eigenvalue weighted by Crippen LogP contribution is 2.26. The number of carbonyl (C=O) groups excluding carboxylic acids is 2. The highest BCUT2D eigenvalue weighted by Gasteiger charge is 2.11. The summed E-state index contributed by atoms with van der Waals surface area (Å²) >= 11 is 6.21. The molecule has 2 amide bonds. The molecular weight excluding hydrogens is 400 g/mol. The van der Waals surface area contributed by atoms with Crippen molar-refractivity contribution < 1.29 is 14.3 Å². The zero-order valence-corrected chi connectivity index (χ0v) is 17.4. The fourth-order valence-corrected chi connectivity index (χ4v) is 2.89. The predicted molar refractivity (Wildman–Crippen MR) is 121 cm³/mol. The maximum absolute atomic E-state index is 12.6. The number of hydrogen-bond acceptors (Lipinski definition) is 3. The molecule has 3 aromatic rings. The molecule has 0 atom stereocenters. The van der Waals surface area contributed by atoms with Gasteiger partial charge in [-0.2, -0.15) is 0 Å². The Balaban J connectivity index is 1.66. The summed E-state index contributed by atoms with van der Waals surface area (Å²) in [7, 11) is 0. The van der Waals surface area contributed by atoms with Crippen LogP contribution in [0.25, 0.3) is 0 Å². The molecule has 0 radical (unpaired) electrons. The van der Waals surface area contributed by atoms with Crippen molar-refractivity contribution in [2.45, 2.75) is 19.8 Å². The van der Waals surface area contributed by atoms with Crippen molar-refractivity contribution in [3.8, 4) is 5.75 Å². The van der Waals surface area contributed by atoms with Crippen molar-refractivity contribution in [2.75, 3.05) is 17.2 Å². The molecular formula is C24H23ClN2O3. The Labute approximate surface area is 181 Å². The van der Waals surface area contributed by atoms with Crippen molar-refractivity contribution >= 4 is 34.8 Å². The summed E-state index contributed by atoms with van der Waals surface area (Å²) in [6.07, 6.45) is 2.05. The van der Waals surface area contributed by atoms with Crippen LogP contribution in [0.2, 0.25) is 5.02 Å². The summed E-state index contributed by atoms with van der Waals surface area (Å²) in [6.45, 7) is 2.76. The number of amides is 2. The van der Waals surface area contributed by atoms with Crippen molar-refractivity contribution in [3.05, 3.63) is 88.9 Å². The molecule has 3 aromatic carbocycles. The highest BCUT2D eigenvalue weighted by atomic mass is 35.5. The number of carbonyl (C=O) groups is 2. The first-order chi connectivity index (χ1) is 14.6. The van der Waals surface area contributed by atoms with Gasteiger partial charge in [-0.15, -0.1) is 0 Å². The molecule has 2 N–H and O–H groups in total. The smallest absolute Gasteiger partial charge is 0.255 e. The van der Waals surface area contributed by atoms with Gasteiger partial charge in [0.05, 0.1) is 17.3 Å². The second-order valence-corrected chi connectivity index (χ2v) is 7.10. The van der Waals surface area contributed by atoms with Crippen molar-refractivity contribution in [2.24, 2.45) is 0 Å². The summed E-state index contributed by atoms with van der Waals surface area (Å²) < 4.78 is 5.62. The second-order valence-electron chi connectivity index (χ2n) is 6.70. The molecule has 5 nitrogen and oxygen atoms in total. The maximum atomic E-state index is 12.6. The average molecular weight is 423 g/mol. The third-order valence-corrected chi connectivity index (χ3v) is 4.72. The van der Waals surface area contributed by atoms with E-state index >= 15 is 0 Å². The van der Waals surface area contributed by atoms with E-state index in [9.17, 15) is 9.59 Å². The van der Waals surface area contributed by atoms with Gasteiger partial charge in [0.25, 0.3) is 11.8 Å². The largest absolute Gasteiger partial charge is 0.494 e. The minimum absolute atomic E-state index is 0.266. The van der Waals surface area contributed by atoms with Gasteiger partial charge in [-0.3, -0.25) is 9.59 Å². The van der Waals surface area contributed by atoms with Crippen LogP contribution in [0.15, 0.2) is 72.8 Å². The third kappa shape index (κ3) is 5.84. The molecule has 0 aliphatic rings. The summed E-state index contributed by atoms with van der Waals surface area (Å²) in [5.74, 6) is 0.190. The zero-order valence-electron chi connectivity index (χ0n) is 16.7. The van der Waals surface area contributed by atoms with Gasteiger partial charge in [0.15, 0.2) is 0 Å². The first-order valence-corrected chi connectivity index (χ1v) is 10.1. The van der Waals surface area contributed by atoms with E-state index in [-0.39, 0.29) is 11.8 Å². The molecule has 0 aromatic heterocycles. The topological polar surface area (TPSA) is 67.4 Å². The third-order valence-electron chi connectivity index (χ3n) is 4.39. The van der Waals surface area contributed by atoms with Gasteiger partial charge in [-0.05, 0) is 61.0 Å². The Bertz CT molecular complexity index is 1000. The average Bonchev–Trinajstić information content (AvgIpc) is 2.77. The zero-order chi connectivity index (χ0) is 21.3. The van der Waals surface area contributed by atoms with Gasteiger partial charge in [0, 0.05) is 16.8 Å². The molecule has 0 unspecified atom stereocenters. The van der Waals surface area contributed by atoms with E-state index in [1.807, 2.05) is 6.07 Å². The molecule has 0 bridgehead atoms. The Morgan fingerprint density at radius 2 is 1.53 bits per heavy atom. The normalized spacial score (nSPS) is 10.3. The first kappa shape index (κ1) is 21.4. The van der Waals surface area contributed by atoms with Crippen LogP contribution >= 0.6 is 11.6 Å². The van der Waals surface area contributed by atoms with Crippen molar-refractivity contribution in [1.82, 2.24) is 0 Å². The van der Waals surface area contributed by atoms with Crippen LogP contribution in [0.4, 0.5) is 11.4 Å². The van der Waals surface area contributed by atoms with Crippen LogP contribution in [-0.4, -0.2) is 18.4 Å². The summed E-state index contributed by atoms with van der Waals surface area (Å²) in [5, 5.41) is 5.97. The van der Waals surface area contributed by atoms with Crippen LogP contribution < -0.4 is 15.4 Å². The molecule has 3 rings (SSSR count). The Kier molecular flexibility index (Phi) is 7.46. The SMILES string of the molecule is CCCCOc1ccc(C(=O)Nc2ccc(Cl)c(NC(=O)c3ccccc3)c2)cc1. The first-order valence-electron chi connectivity index (χ1n) is 9.77. The monoisotopic (exact) mass is 422 g/mol. The van der Waals surface area contributed by atoms with Gasteiger partial charge >= 0.3 is 0 Å². The van der Waals surface area contributed by atoms with E-state index in [4.69, 9.17) is 16.3 Å². The lowest BCUT2D eigenvalue weighted by Crippen LogP contribution is -2.14. The maximum Gasteiger partial charge on any atom is 0.255 e. The lowest BCUT2D eigenvalue weighted by Gasteiger charge is -2.11. The summed E-state index contributed by atoms with van der Waals surface area (Å²) in [6, 6.07) is 20.7. The molecule has 0 spiro atoms. The van der Waals surface area contributed by atoms with E-state index in [1.54, 1.807) is 66.7 Å². The van der Waals surface area contributed by atoms with Gasteiger partial charge < -0.3 is 15.4 Å². The van der Waals surface area contributed by atoms with Gasteiger partial charge in [-0.1, -0.05) is 43.1 Å². The lowest BCUT2D eigenvalue weighted by atomic mass is 10.2. The number of halogens is 1. The van der Waals surface area contributed by atoms with Gasteiger partial charge in [0.1, 0.15) is 5.75 Å². The fraction of sp³-hybridized carbons (Fsp3) is 0.167. The molecule has 0 saturated carbocycles. The molecule has 0 heterocycles. The molecule has 6 heteroatoms. The van der Waals surface area contributed by atoms with E-state index in [0.29, 0.717) is 34.1 Å². The van der Waals surface area contributed by atoms with Crippen LogP contribution in [0.3, 0.4) is 0 Å². The summed E-state index contributed by atoms with van der Waals surface area (Å²) in [4.78, 5) is 24.9. The van der Waals surface area contributed by atoms with Crippen LogP contribution in [0.1, 0.15) is 40.5 Å².